The van der Waals surface area contributed by atoms with Crippen molar-refractivity contribution in [2.24, 2.45) is 0 Å². The molecule has 0 aliphatic rings. The van der Waals surface area contributed by atoms with Gasteiger partial charge in [0.25, 0.3) is 0 Å². The largest absolute Gasteiger partial charge is 0.492 e. The minimum atomic E-state index is -0.972. The Morgan fingerprint density at radius 1 is 1.56 bits per heavy atom. The lowest BCUT2D eigenvalue weighted by atomic mass is 10.2. The molecule has 94 valence electrons. The first-order valence-corrected chi connectivity index (χ1v) is 6.19. The van der Waals surface area contributed by atoms with Gasteiger partial charge in [-0.15, -0.1) is 12.3 Å². The van der Waals surface area contributed by atoms with Gasteiger partial charge < -0.3 is 9.84 Å². The van der Waals surface area contributed by atoms with Crippen molar-refractivity contribution in [1.82, 2.24) is 0 Å². The lowest BCUT2D eigenvalue weighted by molar-refractivity contribution is -0.131. The van der Waals surface area contributed by atoms with Crippen molar-refractivity contribution in [2.45, 2.75) is 12.8 Å². The minimum Gasteiger partial charge on any atom is -0.492 e. The van der Waals surface area contributed by atoms with Gasteiger partial charge >= 0.3 is 5.97 Å². The Kier molecular flexibility index (Phi) is 6.03. The molecular formula is C14H13BrO3. The Balaban J connectivity index is 2.62. The zero-order valence-electron chi connectivity index (χ0n) is 9.73. The lowest BCUT2D eigenvalue weighted by Gasteiger charge is -2.07. The zero-order chi connectivity index (χ0) is 13.4. The summed E-state index contributed by atoms with van der Waals surface area (Å²) in [7, 11) is 0. The monoisotopic (exact) mass is 308 g/mol. The van der Waals surface area contributed by atoms with Gasteiger partial charge in [-0.25, -0.2) is 4.79 Å². The Bertz CT molecular complexity index is 486. The SMILES string of the molecule is C#CCCCOc1ccc(/C=C/C(=O)O)cc1Br. The van der Waals surface area contributed by atoms with Crippen LogP contribution in [0.25, 0.3) is 6.08 Å². The smallest absolute Gasteiger partial charge is 0.328 e. The summed E-state index contributed by atoms with van der Waals surface area (Å²) in [5.41, 5.74) is 0.792. The first-order chi connectivity index (χ1) is 8.63. The van der Waals surface area contributed by atoms with Crippen LogP contribution in [-0.4, -0.2) is 17.7 Å². The Hall–Kier alpha value is -1.73. The van der Waals surface area contributed by atoms with Crippen molar-refractivity contribution >= 4 is 28.0 Å². The van der Waals surface area contributed by atoms with Gasteiger partial charge in [-0.2, -0.15) is 0 Å². The van der Waals surface area contributed by atoms with Crippen molar-refractivity contribution in [3.8, 4) is 18.1 Å². The summed E-state index contributed by atoms with van der Waals surface area (Å²) in [4.78, 5) is 10.4. The quantitative estimate of drug-likeness (QED) is 0.498. The number of ether oxygens (including phenoxy) is 1. The molecule has 0 fully saturated rings. The summed E-state index contributed by atoms with van der Waals surface area (Å²) >= 11 is 3.38. The molecule has 0 aliphatic carbocycles. The van der Waals surface area contributed by atoms with Crippen LogP contribution in [0.15, 0.2) is 28.7 Å². The molecule has 1 aromatic rings. The first kappa shape index (κ1) is 14.3. The number of carboxylic acid groups (broad SMARTS) is 1. The summed E-state index contributed by atoms with van der Waals surface area (Å²) in [6, 6.07) is 5.39. The number of carboxylic acids is 1. The predicted molar refractivity (Wildman–Crippen MR) is 74.4 cm³/mol. The third-order valence-corrected chi connectivity index (χ3v) is 2.72. The van der Waals surface area contributed by atoms with Crippen molar-refractivity contribution in [3.05, 3.63) is 34.3 Å². The number of benzene rings is 1. The molecule has 0 unspecified atom stereocenters. The van der Waals surface area contributed by atoms with Gasteiger partial charge in [-0.05, 0) is 46.1 Å². The van der Waals surface area contributed by atoms with E-state index in [1.165, 1.54) is 6.08 Å². The number of unbranched alkanes of at least 4 members (excludes halogenated alkanes) is 1. The van der Waals surface area contributed by atoms with E-state index in [-0.39, 0.29) is 0 Å². The van der Waals surface area contributed by atoms with Crippen molar-refractivity contribution < 1.29 is 14.6 Å². The van der Waals surface area contributed by atoms with Crippen LogP contribution in [-0.2, 0) is 4.79 Å². The van der Waals surface area contributed by atoms with E-state index in [0.29, 0.717) is 13.0 Å². The average Bonchev–Trinajstić information content (AvgIpc) is 2.34. The van der Waals surface area contributed by atoms with E-state index in [1.54, 1.807) is 18.2 Å². The summed E-state index contributed by atoms with van der Waals surface area (Å²) in [5.74, 6) is 2.30. The van der Waals surface area contributed by atoms with E-state index >= 15 is 0 Å². The maximum Gasteiger partial charge on any atom is 0.328 e. The highest BCUT2D eigenvalue weighted by Crippen LogP contribution is 2.26. The van der Waals surface area contributed by atoms with Gasteiger partial charge in [-0.3, -0.25) is 0 Å². The molecular weight excluding hydrogens is 296 g/mol. The van der Waals surface area contributed by atoms with Gasteiger partial charge in [0.2, 0.25) is 0 Å². The van der Waals surface area contributed by atoms with Crippen LogP contribution in [0.1, 0.15) is 18.4 Å². The van der Waals surface area contributed by atoms with E-state index in [0.717, 1.165) is 28.3 Å². The lowest BCUT2D eigenvalue weighted by Crippen LogP contribution is -1.97. The number of carbonyl (C=O) groups is 1. The number of rotatable bonds is 6. The molecule has 0 saturated carbocycles. The third-order valence-electron chi connectivity index (χ3n) is 2.10. The molecule has 0 aliphatic heterocycles. The molecule has 0 atom stereocenters. The second-order valence-electron chi connectivity index (χ2n) is 3.52. The second kappa shape index (κ2) is 7.57. The fraction of sp³-hybridized carbons (Fsp3) is 0.214. The highest BCUT2D eigenvalue weighted by atomic mass is 79.9. The van der Waals surface area contributed by atoms with Crippen molar-refractivity contribution in [2.75, 3.05) is 6.61 Å². The Morgan fingerprint density at radius 2 is 2.33 bits per heavy atom. The predicted octanol–water partition coefficient (Wildman–Crippen LogP) is 3.34. The number of terminal acetylenes is 1. The summed E-state index contributed by atoms with van der Waals surface area (Å²) in [6.45, 7) is 0.563. The van der Waals surface area contributed by atoms with Crippen LogP contribution in [0.2, 0.25) is 0 Å². The normalized spacial score (nSPS) is 10.2. The topological polar surface area (TPSA) is 46.5 Å². The molecule has 18 heavy (non-hydrogen) atoms. The van der Waals surface area contributed by atoms with Crippen LogP contribution in [0.3, 0.4) is 0 Å². The van der Waals surface area contributed by atoms with Crippen LogP contribution in [0, 0.1) is 12.3 Å². The van der Waals surface area contributed by atoms with Gasteiger partial charge in [0.05, 0.1) is 11.1 Å². The fourth-order valence-electron chi connectivity index (χ4n) is 1.26. The number of halogens is 1. The first-order valence-electron chi connectivity index (χ1n) is 5.40. The molecule has 0 aromatic heterocycles. The zero-order valence-corrected chi connectivity index (χ0v) is 11.3. The molecule has 3 nitrogen and oxygen atoms in total. The fourth-order valence-corrected chi connectivity index (χ4v) is 1.77. The van der Waals surface area contributed by atoms with Gasteiger partial charge in [-0.1, -0.05) is 6.07 Å². The van der Waals surface area contributed by atoms with Crippen molar-refractivity contribution in [3.63, 3.8) is 0 Å². The summed E-state index contributed by atoms with van der Waals surface area (Å²) < 4.78 is 6.32. The molecule has 1 N–H and O–H groups in total. The molecule has 1 rings (SSSR count). The maximum atomic E-state index is 10.4. The summed E-state index contributed by atoms with van der Waals surface area (Å²) in [6.07, 6.45) is 9.26. The maximum absolute atomic E-state index is 10.4. The molecule has 0 bridgehead atoms. The molecule has 0 spiro atoms. The third kappa shape index (κ3) is 5.07. The van der Waals surface area contributed by atoms with Gasteiger partial charge in [0.15, 0.2) is 0 Å². The highest BCUT2D eigenvalue weighted by molar-refractivity contribution is 9.10. The Labute approximate surface area is 115 Å². The van der Waals surface area contributed by atoms with E-state index in [1.807, 2.05) is 0 Å². The molecule has 0 radical (unpaired) electrons. The molecule has 0 amide bonds. The van der Waals surface area contributed by atoms with E-state index in [2.05, 4.69) is 21.9 Å². The Morgan fingerprint density at radius 3 is 2.94 bits per heavy atom. The van der Waals surface area contributed by atoms with E-state index in [9.17, 15) is 4.79 Å². The van der Waals surface area contributed by atoms with Crippen LogP contribution in [0.5, 0.6) is 5.75 Å². The second-order valence-corrected chi connectivity index (χ2v) is 4.37. The molecule has 0 heterocycles. The van der Waals surface area contributed by atoms with E-state index < -0.39 is 5.97 Å². The molecule has 4 heteroatoms. The van der Waals surface area contributed by atoms with Crippen LogP contribution >= 0.6 is 15.9 Å². The highest BCUT2D eigenvalue weighted by Gasteiger charge is 2.01. The van der Waals surface area contributed by atoms with Gasteiger partial charge in [0.1, 0.15) is 5.75 Å². The van der Waals surface area contributed by atoms with Gasteiger partial charge in [0, 0.05) is 12.5 Å². The van der Waals surface area contributed by atoms with Crippen LogP contribution < -0.4 is 4.74 Å². The average molecular weight is 309 g/mol. The van der Waals surface area contributed by atoms with Crippen molar-refractivity contribution in [1.29, 1.82) is 0 Å². The minimum absolute atomic E-state index is 0.563. The standard InChI is InChI=1S/C14H13BrO3/c1-2-3-4-9-18-13-7-5-11(10-12(13)15)6-8-14(16)17/h1,5-8,10H,3-4,9H2,(H,16,17)/b8-6+. The molecule has 1 aromatic carbocycles. The number of hydrogen-bond acceptors (Lipinski definition) is 2. The van der Waals surface area contributed by atoms with Crippen LogP contribution in [0.4, 0.5) is 0 Å². The summed E-state index contributed by atoms with van der Waals surface area (Å²) in [5, 5.41) is 8.53. The molecule has 0 saturated heterocycles. The van der Waals surface area contributed by atoms with E-state index in [4.69, 9.17) is 16.3 Å². The number of hydrogen-bond donors (Lipinski definition) is 1. The number of aliphatic carboxylic acids is 1.